The van der Waals surface area contributed by atoms with Crippen molar-refractivity contribution in [2.45, 2.75) is 277 Å². The Bertz CT molecular complexity index is 787. The van der Waals surface area contributed by atoms with Crippen molar-refractivity contribution in [2.24, 2.45) is 0 Å². The molecule has 0 saturated carbocycles. The van der Waals surface area contributed by atoms with Gasteiger partial charge in [0, 0.05) is 12.8 Å². The molecule has 1 amide bonds. The van der Waals surface area contributed by atoms with E-state index >= 15 is 0 Å². The maximum atomic E-state index is 12.8. The molecule has 53 heavy (non-hydrogen) atoms. The van der Waals surface area contributed by atoms with Crippen molar-refractivity contribution < 1.29 is 24.2 Å². The Morgan fingerprint density at radius 2 is 0.698 bits per heavy atom. The second-order valence-electron chi connectivity index (χ2n) is 16.4. The van der Waals surface area contributed by atoms with Crippen LogP contribution >= 0.6 is 0 Å². The van der Waals surface area contributed by atoms with Gasteiger partial charge in [-0.05, 0) is 38.5 Å². The van der Waals surface area contributed by atoms with Crippen molar-refractivity contribution in [3.05, 3.63) is 0 Å². The Morgan fingerprint density at radius 3 is 1.02 bits per heavy atom. The van der Waals surface area contributed by atoms with Crippen LogP contribution in [0.5, 0.6) is 0 Å². The van der Waals surface area contributed by atoms with Gasteiger partial charge in [-0.3, -0.25) is 14.4 Å². The van der Waals surface area contributed by atoms with E-state index in [0.717, 1.165) is 64.2 Å². The fourth-order valence-electron chi connectivity index (χ4n) is 7.52. The summed E-state index contributed by atoms with van der Waals surface area (Å²) in [7, 11) is 0. The molecule has 0 aromatic rings. The van der Waals surface area contributed by atoms with Crippen LogP contribution in [0.2, 0.25) is 0 Å². The third-order valence-corrected chi connectivity index (χ3v) is 11.0. The summed E-state index contributed by atoms with van der Waals surface area (Å²) in [6.07, 6.45) is 49.5. The van der Waals surface area contributed by atoms with Gasteiger partial charge in [0.05, 0.1) is 0 Å². The van der Waals surface area contributed by atoms with Crippen LogP contribution < -0.4 is 5.32 Å². The molecule has 6 heteroatoms. The van der Waals surface area contributed by atoms with E-state index in [4.69, 9.17) is 9.84 Å². The average Bonchev–Trinajstić information content (AvgIpc) is 3.14. The lowest BCUT2D eigenvalue weighted by atomic mass is 10.0. The number of unbranched alkanes of at least 4 members (excludes halogenated alkanes) is 33. The van der Waals surface area contributed by atoms with E-state index in [1.807, 2.05) is 0 Å². The molecular formula is C47H91NO5. The fourth-order valence-corrected chi connectivity index (χ4v) is 7.52. The molecule has 2 N–H and O–H groups in total. The Balaban J connectivity index is 4.03. The van der Waals surface area contributed by atoms with Crippen LogP contribution in [-0.4, -0.2) is 35.6 Å². The van der Waals surface area contributed by atoms with Gasteiger partial charge in [0.25, 0.3) is 0 Å². The number of carboxylic acids is 1. The van der Waals surface area contributed by atoms with Gasteiger partial charge in [-0.1, -0.05) is 219 Å². The van der Waals surface area contributed by atoms with Crippen LogP contribution in [-0.2, 0) is 19.1 Å². The molecule has 0 aliphatic heterocycles. The quantitative estimate of drug-likeness (QED) is 0.0478. The lowest BCUT2D eigenvalue weighted by molar-refractivity contribution is -0.150. The van der Waals surface area contributed by atoms with Crippen molar-refractivity contribution in [1.29, 1.82) is 0 Å². The first-order valence-corrected chi connectivity index (χ1v) is 23.7. The first kappa shape index (κ1) is 51.4. The van der Waals surface area contributed by atoms with E-state index < -0.39 is 5.97 Å². The first-order valence-electron chi connectivity index (χ1n) is 23.7. The molecule has 0 bridgehead atoms. The van der Waals surface area contributed by atoms with E-state index in [2.05, 4.69) is 19.2 Å². The number of carbonyl (C=O) groups is 3. The number of esters is 1. The smallest absolute Gasteiger partial charge is 0.322 e. The van der Waals surface area contributed by atoms with E-state index in [9.17, 15) is 14.4 Å². The number of aliphatic carboxylic acids is 1. The second kappa shape index (κ2) is 43.1. The SMILES string of the molecule is CCCCCCCCCCCCCCCCCCCCCC(=O)OC(CCCCCCCCCCCCCC)CCCCCCCC(=O)NCC(=O)O. The summed E-state index contributed by atoms with van der Waals surface area (Å²) in [6, 6.07) is 0. The fraction of sp³-hybridized carbons (Fsp3) is 0.936. The Hall–Kier alpha value is -1.59. The molecule has 0 aliphatic rings. The van der Waals surface area contributed by atoms with Crippen LogP contribution in [0.25, 0.3) is 0 Å². The van der Waals surface area contributed by atoms with Gasteiger partial charge in [-0.15, -0.1) is 0 Å². The van der Waals surface area contributed by atoms with Gasteiger partial charge in [-0.2, -0.15) is 0 Å². The average molecular weight is 750 g/mol. The molecule has 0 saturated heterocycles. The summed E-state index contributed by atoms with van der Waals surface area (Å²) in [6.45, 7) is 4.26. The van der Waals surface area contributed by atoms with Crippen LogP contribution in [0.3, 0.4) is 0 Å². The molecule has 1 unspecified atom stereocenters. The maximum absolute atomic E-state index is 12.8. The first-order chi connectivity index (χ1) is 26.0. The lowest BCUT2D eigenvalue weighted by Gasteiger charge is -2.18. The minimum absolute atomic E-state index is 0.00622. The molecule has 0 aromatic heterocycles. The predicted molar refractivity (Wildman–Crippen MR) is 227 cm³/mol. The molecule has 1 atom stereocenters. The van der Waals surface area contributed by atoms with Crippen molar-refractivity contribution in [2.75, 3.05) is 6.54 Å². The Labute approximate surface area is 329 Å². The van der Waals surface area contributed by atoms with Gasteiger partial charge in [0.2, 0.25) is 5.91 Å². The molecule has 0 rings (SSSR count). The van der Waals surface area contributed by atoms with E-state index in [1.165, 1.54) is 180 Å². The van der Waals surface area contributed by atoms with E-state index in [1.54, 1.807) is 0 Å². The van der Waals surface area contributed by atoms with Crippen LogP contribution in [0, 0.1) is 0 Å². The van der Waals surface area contributed by atoms with Gasteiger partial charge in [0.15, 0.2) is 0 Å². The zero-order chi connectivity index (χ0) is 38.7. The lowest BCUT2D eigenvalue weighted by Crippen LogP contribution is -2.28. The van der Waals surface area contributed by atoms with Gasteiger partial charge >= 0.3 is 11.9 Å². The van der Waals surface area contributed by atoms with E-state index in [0.29, 0.717) is 12.8 Å². The summed E-state index contributed by atoms with van der Waals surface area (Å²) in [5, 5.41) is 11.1. The Kier molecular flexibility index (Phi) is 41.8. The summed E-state index contributed by atoms with van der Waals surface area (Å²) >= 11 is 0. The van der Waals surface area contributed by atoms with Gasteiger partial charge < -0.3 is 15.2 Å². The molecule has 0 aliphatic carbocycles. The summed E-state index contributed by atoms with van der Waals surface area (Å²) in [4.78, 5) is 35.1. The monoisotopic (exact) mass is 750 g/mol. The zero-order valence-corrected chi connectivity index (χ0v) is 35.6. The Morgan fingerprint density at radius 1 is 0.415 bits per heavy atom. The number of carbonyl (C=O) groups excluding carboxylic acids is 2. The minimum atomic E-state index is -1.01. The summed E-state index contributed by atoms with van der Waals surface area (Å²) in [5.41, 5.74) is 0. The third kappa shape index (κ3) is 43.0. The topological polar surface area (TPSA) is 92.7 Å². The number of hydrogen-bond donors (Lipinski definition) is 2. The highest BCUT2D eigenvalue weighted by Crippen LogP contribution is 2.20. The number of nitrogens with one attached hydrogen (secondary N) is 1. The van der Waals surface area contributed by atoms with Crippen LogP contribution in [0.4, 0.5) is 0 Å². The highest BCUT2D eigenvalue weighted by Gasteiger charge is 2.14. The van der Waals surface area contributed by atoms with Crippen LogP contribution in [0.15, 0.2) is 0 Å². The number of hydrogen-bond acceptors (Lipinski definition) is 4. The van der Waals surface area contributed by atoms with Crippen LogP contribution in [0.1, 0.15) is 271 Å². The molecule has 0 spiro atoms. The number of ether oxygens (including phenoxy) is 1. The molecular weight excluding hydrogens is 659 g/mol. The minimum Gasteiger partial charge on any atom is -0.480 e. The molecule has 0 fully saturated rings. The highest BCUT2D eigenvalue weighted by molar-refractivity contribution is 5.80. The highest BCUT2D eigenvalue weighted by atomic mass is 16.5. The van der Waals surface area contributed by atoms with Crippen molar-refractivity contribution >= 4 is 17.8 Å². The van der Waals surface area contributed by atoms with Crippen molar-refractivity contribution in [1.82, 2.24) is 5.32 Å². The largest absolute Gasteiger partial charge is 0.480 e. The number of rotatable bonds is 44. The maximum Gasteiger partial charge on any atom is 0.322 e. The number of carboxylic acid groups (broad SMARTS) is 1. The molecule has 0 radical (unpaired) electrons. The molecule has 0 aromatic carbocycles. The second-order valence-corrected chi connectivity index (χ2v) is 16.4. The summed E-state index contributed by atoms with van der Waals surface area (Å²) in [5.74, 6) is -1.21. The molecule has 6 nitrogen and oxygen atoms in total. The standard InChI is InChI=1S/C47H91NO5/c1-3-5-7-9-11-13-15-17-18-19-20-21-22-23-25-27-29-34-38-42-47(52)53-44(39-35-31-28-26-24-16-14-12-10-8-6-4-2)40-36-32-30-33-37-41-45(49)48-43-46(50)51/h44H,3-43H2,1-2H3,(H,48,49)(H,50,51). The summed E-state index contributed by atoms with van der Waals surface area (Å²) < 4.78 is 6.05. The van der Waals surface area contributed by atoms with Gasteiger partial charge in [0.1, 0.15) is 12.6 Å². The number of amides is 1. The third-order valence-electron chi connectivity index (χ3n) is 11.0. The van der Waals surface area contributed by atoms with Crippen molar-refractivity contribution in [3.8, 4) is 0 Å². The molecule has 0 heterocycles. The van der Waals surface area contributed by atoms with Crippen molar-refractivity contribution in [3.63, 3.8) is 0 Å². The normalized spacial score (nSPS) is 11.9. The predicted octanol–water partition coefficient (Wildman–Crippen LogP) is 14.7. The van der Waals surface area contributed by atoms with E-state index in [-0.39, 0.29) is 24.5 Å². The van der Waals surface area contributed by atoms with Gasteiger partial charge in [-0.25, -0.2) is 0 Å². The molecule has 314 valence electrons. The zero-order valence-electron chi connectivity index (χ0n) is 35.6.